The lowest BCUT2D eigenvalue weighted by Gasteiger charge is -2.29. The molecular formula is C15H16Cl2O. The summed E-state index contributed by atoms with van der Waals surface area (Å²) < 4.78 is 0. The summed E-state index contributed by atoms with van der Waals surface area (Å²) in [5.74, 6) is 0.208. The number of carbonyl (C=O) groups is 1. The van der Waals surface area contributed by atoms with Crippen LogP contribution in [-0.2, 0) is 11.2 Å². The van der Waals surface area contributed by atoms with Crippen LogP contribution in [0.5, 0.6) is 0 Å². The van der Waals surface area contributed by atoms with Gasteiger partial charge in [-0.15, -0.1) is 0 Å². The Kier molecular flexibility index (Phi) is 3.84. The zero-order valence-electron chi connectivity index (χ0n) is 10.6. The normalized spacial score (nSPS) is 18.7. The Bertz CT molecular complexity index is 515. The lowest BCUT2D eigenvalue weighted by Crippen LogP contribution is -2.22. The van der Waals surface area contributed by atoms with Crippen molar-refractivity contribution < 1.29 is 4.79 Å². The Hall–Kier alpha value is -0.790. The molecule has 0 spiro atoms. The average Bonchev–Trinajstić information content (AvgIpc) is 2.20. The summed E-state index contributed by atoms with van der Waals surface area (Å²) in [6.07, 6.45) is 4.03. The van der Waals surface area contributed by atoms with Gasteiger partial charge in [-0.25, -0.2) is 0 Å². The van der Waals surface area contributed by atoms with Gasteiger partial charge in [-0.3, -0.25) is 4.79 Å². The van der Waals surface area contributed by atoms with Crippen molar-refractivity contribution in [3.05, 3.63) is 45.5 Å². The molecular weight excluding hydrogens is 267 g/mol. The van der Waals surface area contributed by atoms with Crippen molar-refractivity contribution in [3.63, 3.8) is 0 Å². The molecule has 2 rings (SSSR count). The fraction of sp³-hybridized carbons (Fsp3) is 0.400. The first-order valence-corrected chi connectivity index (χ1v) is 6.77. The largest absolute Gasteiger partial charge is 0.295 e. The van der Waals surface area contributed by atoms with Crippen LogP contribution in [-0.4, -0.2) is 5.78 Å². The molecule has 0 N–H and O–H groups in total. The van der Waals surface area contributed by atoms with Gasteiger partial charge in [0.25, 0.3) is 0 Å². The molecule has 0 aliphatic heterocycles. The van der Waals surface area contributed by atoms with Crippen molar-refractivity contribution in [2.45, 2.75) is 33.1 Å². The van der Waals surface area contributed by atoms with Gasteiger partial charge in [0.2, 0.25) is 0 Å². The molecule has 1 aliphatic rings. The van der Waals surface area contributed by atoms with E-state index in [1.807, 2.05) is 6.07 Å². The second-order valence-electron chi connectivity index (χ2n) is 5.70. The van der Waals surface area contributed by atoms with Crippen LogP contribution in [0.1, 0.15) is 32.3 Å². The zero-order valence-corrected chi connectivity index (χ0v) is 12.1. The van der Waals surface area contributed by atoms with Crippen molar-refractivity contribution in [1.82, 2.24) is 0 Å². The van der Waals surface area contributed by atoms with E-state index in [0.29, 0.717) is 22.9 Å². The third-order valence-corrected chi connectivity index (χ3v) is 3.75. The summed E-state index contributed by atoms with van der Waals surface area (Å²) in [6, 6.07) is 5.45. The number of hydrogen-bond donors (Lipinski definition) is 0. The van der Waals surface area contributed by atoms with Crippen LogP contribution in [0.15, 0.2) is 29.8 Å². The van der Waals surface area contributed by atoms with E-state index in [-0.39, 0.29) is 11.2 Å². The van der Waals surface area contributed by atoms with Crippen molar-refractivity contribution in [2.24, 2.45) is 5.41 Å². The Morgan fingerprint density at radius 3 is 2.61 bits per heavy atom. The standard InChI is InChI=1S/C15H16Cl2O/c1-15(2)8-10(6-13(18)9-15)5-11-7-12(16)3-4-14(11)17/h3-4,6-7H,5,8-9H2,1-2H3. The lowest BCUT2D eigenvalue weighted by atomic mass is 9.75. The van der Waals surface area contributed by atoms with E-state index in [1.54, 1.807) is 18.2 Å². The fourth-order valence-electron chi connectivity index (χ4n) is 2.52. The summed E-state index contributed by atoms with van der Waals surface area (Å²) >= 11 is 12.1. The van der Waals surface area contributed by atoms with Crippen LogP contribution < -0.4 is 0 Å². The molecule has 1 aliphatic carbocycles. The van der Waals surface area contributed by atoms with Crippen molar-refractivity contribution in [2.75, 3.05) is 0 Å². The molecule has 1 nitrogen and oxygen atoms in total. The number of halogens is 2. The van der Waals surface area contributed by atoms with Gasteiger partial charge in [0, 0.05) is 16.5 Å². The Morgan fingerprint density at radius 1 is 1.22 bits per heavy atom. The molecule has 0 bridgehead atoms. The number of ketones is 1. The van der Waals surface area contributed by atoms with Crippen LogP contribution in [0.3, 0.4) is 0 Å². The number of rotatable bonds is 2. The van der Waals surface area contributed by atoms with E-state index in [4.69, 9.17) is 23.2 Å². The fourth-order valence-corrected chi connectivity index (χ4v) is 2.89. The molecule has 0 saturated carbocycles. The quantitative estimate of drug-likeness (QED) is 0.758. The molecule has 96 valence electrons. The van der Waals surface area contributed by atoms with Gasteiger partial charge in [0.1, 0.15) is 0 Å². The molecule has 1 aromatic rings. The highest BCUT2D eigenvalue weighted by molar-refractivity contribution is 6.33. The second kappa shape index (κ2) is 5.07. The molecule has 0 heterocycles. The second-order valence-corrected chi connectivity index (χ2v) is 6.54. The molecule has 3 heteroatoms. The van der Waals surface area contributed by atoms with E-state index in [9.17, 15) is 4.79 Å². The topological polar surface area (TPSA) is 17.1 Å². The first kappa shape index (κ1) is 13.6. The van der Waals surface area contributed by atoms with Crippen LogP contribution in [0.25, 0.3) is 0 Å². The molecule has 0 amide bonds. The van der Waals surface area contributed by atoms with Gasteiger partial charge in [-0.05, 0) is 48.1 Å². The third kappa shape index (κ3) is 3.37. The van der Waals surface area contributed by atoms with Crippen LogP contribution in [0, 0.1) is 5.41 Å². The van der Waals surface area contributed by atoms with Crippen LogP contribution in [0.4, 0.5) is 0 Å². The molecule has 1 aromatic carbocycles. The van der Waals surface area contributed by atoms with Gasteiger partial charge in [0.15, 0.2) is 5.78 Å². The Morgan fingerprint density at radius 2 is 1.94 bits per heavy atom. The van der Waals surface area contributed by atoms with E-state index in [1.165, 1.54) is 0 Å². The zero-order chi connectivity index (χ0) is 13.3. The number of carbonyl (C=O) groups excluding carboxylic acids is 1. The Balaban J connectivity index is 2.24. The summed E-state index contributed by atoms with van der Waals surface area (Å²) in [5.41, 5.74) is 2.17. The monoisotopic (exact) mass is 282 g/mol. The number of hydrogen-bond acceptors (Lipinski definition) is 1. The molecule has 0 saturated heterocycles. The van der Waals surface area contributed by atoms with Gasteiger partial charge >= 0.3 is 0 Å². The van der Waals surface area contributed by atoms with E-state index in [0.717, 1.165) is 17.6 Å². The molecule has 0 aromatic heterocycles. The van der Waals surface area contributed by atoms with Crippen molar-refractivity contribution >= 4 is 29.0 Å². The summed E-state index contributed by atoms with van der Waals surface area (Å²) in [4.78, 5) is 11.7. The molecule has 0 radical (unpaired) electrons. The molecule has 0 atom stereocenters. The predicted octanol–water partition coefficient (Wildman–Crippen LogP) is 4.85. The van der Waals surface area contributed by atoms with Crippen molar-refractivity contribution in [3.8, 4) is 0 Å². The SMILES string of the molecule is CC1(C)CC(=O)C=C(Cc2cc(Cl)ccc2Cl)C1. The van der Waals surface area contributed by atoms with Gasteiger partial charge in [0.05, 0.1) is 0 Å². The molecule has 0 unspecified atom stereocenters. The van der Waals surface area contributed by atoms with Crippen LogP contribution >= 0.6 is 23.2 Å². The first-order valence-electron chi connectivity index (χ1n) is 6.02. The maximum atomic E-state index is 11.7. The minimum Gasteiger partial charge on any atom is -0.295 e. The highest BCUT2D eigenvalue weighted by atomic mass is 35.5. The minimum atomic E-state index is 0.0478. The minimum absolute atomic E-state index is 0.0478. The molecule has 18 heavy (non-hydrogen) atoms. The maximum absolute atomic E-state index is 11.7. The van der Waals surface area contributed by atoms with Crippen molar-refractivity contribution in [1.29, 1.82) is 0 Å². The first-order chi connectivity index (χ1) is 8.35. The van der Waals surface area contributed by atoms with Crippen LogP contribution in [0.2, 0.25) is 10.0 Å². The third-order valence-electron chi connectivity index (χ3n) is 3.15. The summed E-state index contributed by atoms with van der Waals surface area (Å²) in [6.45, 7) is 4.24. The van der Waals surface area contributed by atoms with E-state index >= 15 is 0 Å². The highest BCUT2D eigenvalue weighted by Crippen LogP contribution is 2.36. The number of benzene rings is 1. The van der Waals surface area contributed by atoms with E-state index in [2.05, 4.69) is 13.8 Å². The lowest BCUT2D eigenvalue weighted by molar-refractivity contribution is -0.117. The Labute approximate surface area is 118 Å². The van der Waals surface area contributed by atoms with Gasteiger partial charge < -0.3 is 0 Å². The maximum Gasteiger partial charge on any atom is 0.156 e. The summed E-state index contributed by atoms with van der Waals surface area (Å²) in [5, 5.41) is 1.38. The summed E-state index contributed by atoms with van der Waals surface area (Å²) in [7, 11) is 0. The predicted molar refractivity (Wildman–Crippen MR) is 76.3 cm³/mol. The average molecular weight is 283 g/mol. The molecule has 0 fully saturated rings. The van der Waals surface area contributed by atoms with E-state index < -0.39 is 0 Å². The smallest absolute Gasteiger partial charge is 0.156 e. The highest BCUT2D eigenvalue weighted by Gasteiger charge is 2.27. The number of allylic oxidation sites excluding steroid dienone is 2. The van der Waals surface area contributed by atoms with Gasteiger partial charge in [-0.2, -0.15) is 0 Å². The van der Waals surface area contributed by atoms with Gasteiger partial charge in [-0.1, -0.05) is 42.6 Å².